The van der Waals surface area contributed by atoms with E-state index in [2.05, 4.69) is 15.3 Å². The lowest BCUT2D eigenvalue weighted by Gasteiger charge is -2.18. The Morgan fingerprint density at radius 2 is 1.97 bits per heavy atom. The molecule has 5 aromatic heterocycles. The summed E-state index contributed by atoms with van der Waals surface area (Å²) in [4.78, 5) is 33.2. The van der Waals surface area contributed by atoms with Crippen molar-refractivity contribution in [2.24, 2.45) is 0 Å². The Balaban J connectivity index is 1.52. The molecule has 1 aliphatic heterocycles. The maximum Gasteiger partial charge on any atom is 0.266 e. The van der Waals surface area contributed by atoms with Crippen LogP contribution in [-0.4, -0.2) is 40.7 Å². The number of rotatable bonds is 3. The normalized spacial score (nSPS) is 13.6. The molecule has 0 radical (unpaired) electrons. The van der Waals surface area contributed by atoms with Crippen molar-refractivity contribution in [2.75, 3.05) is 11.9 Å². The Labute approximate surface area is 223 Å². The summed E-state index contributed by atoms with van der Waals surface area (Å²) in [6.45, 7) is 4.48. The van der Waals surface area contributed by atoms with Crippen molar-refractivity contribution in [1.82, 2.24) is 34.1 Å². The molecule has 1 aliphatic rings. The van der Waals surface area contributed by atoms with Gasteiger partial charge in [0.25, 0.3) is 5.56 Å². The molecule has 1 N–H and O–H groups in total. The molecule has 6 heterocycles. The molecule has 0 fully saturated rings. The Kier molecular flexibility index (Phi) is 5.27. The van der Waals surface area contributed by atoms with E-state index in [1.807, 2.05) is 13.8 Å². The van der Waals surface area contributed by atoms with Crippen LogP contribution in [0.5, 0.6) is 0 Å². The standard InChI is InChI=1S/C27H20F2N8OS/c1-13(22-20(15-4-3-5-16(28)10-15)27(38)36-11-17(29)6-7-19(36)34-22)37-26-21-23(35-37)24-18(33-14(2)39-24)8-9-30-25(21)31-12-32-26/h3-7,10-13H,8-9H2,1-2H3,(H,30,31,32)/t13-/m1/s1. The van der Waals surface area contributed by atoms with Gasteiger partial charge in [0.15, 0.2) is 5.65 Å². The number of thiazole rings is 1. The highest BCUT2D eigenvalue weighted by atomic mass is 32.1. The number of pyridine rings is 1. The lowest BCUT2D eigenvalue weighted by atomic mass is 10.0. The number of aryl methyl sites for hydroxylation is 1. The van der Waals surface area contributed by atoms with Gasteiger partial charge in [-0.15, -0.1) is 11.3 Å². The zero-order chi connectivity index (χ0) is 26.8. The summed E-state index contributed by atoms with van der Waals surface area (Å²) >= 11 is 1.56. The predicted molar refractivity (Wildman–Crippen MR) is 144 cm³/mol. The van der Waals surface area contributed by atoms with Gasteiger partial charge in [0, 0.05) is 19.2 Å². The molecule has 0 amide bonds. The van der Waals surface area contributed by atoms with Crippen LogP contribution in [0.1, 0.15) is 29.4 Å². The van der Waals surface area contributed by atoms with E-state index in [4.69, 9.17) is 15.1 Å². The fourth-order valence-electron chi connectivity index (χ4n) is 5.12. The number of aromatic nitrogens is 7. The number of anilines is 1. The first-order valence-electron chi connectivity index (χ1n) is 12.3. The molecular formula is C27H20F2N8OS. The SMILES string of the molecule is Cc1nc2c(s1)-c1nn([C@H](C)c3nc4ccc(F)cn4c(=O)c3-c3cccc(F)c3)c3ncnc(c13)NCC2. The van der Waals surface area contributed by atoms with Gasteiger partial charge in [-0.05, 0) is 43.7 Å². The summed E-state index contributed by atoms with van der Waals surface area (Å²) in [6, 6.07) is 7.80. The summed E-state index contributed by atoms with van der Waals surface area (Å²) in [5, 5.41) is 10.0. The molecular weight excluding hydrogens is 522 g/mol. The van der Waals surface area contributed by atoms with Crippen molar-refractivity contribution in [3.05, 3.63) is 87.3 Å². The smallest absolute Gasteiger partial charge is 0.266 e. The van der Waals surface area contributed by atoms with Crippen LogP contribution >= 0.6 is 11.3 Å². The van der Waals surface area contributed by atoms with E-state index in [1.165, 1.54) is 36.7 Å². The average molecular weight is 543 g/mol. The van der Waals surface area contributed by atoms with Crippen molar-refractivity contribution in [3.63, 3.8) is 0 Å². The number of hydrogen-bond acceptors (Lipinski definition) is 8. The number of halogens is 2. The van der Waals surface area contributed by atoms with Crippen molar-refractivity contribution in [1.29, 1.82) is 0 Å². The van der Waals surface area contributed by atoms with E-state index in [0.717, 1.165) is 38.0 Å². The summed E-state index contributed by atoms with van der Waals surface area (Å²) in [6.07, 6.45) is 3.27. The zero-order valence-electron chi connectivity index (χ0n) is 20.8. The maximum atomic E-state index is 14.3. The van der Waals surface area contributed by atoms with Crippen LogP contribution in [-0.2, 0) is 6.42 Å². The predicted octanol–water partition coefficient (Wildman–Crippen LogP) is 4.79. The number of hydrogen-bond donors (Lipinski definition) is 1. The van der Waals surface area contributed by atoms with Crippen molar-refractivity contribution < 1.29 is 8.78 Å². The van der Waals surface area contributed by atoms with Crippen LogP contribution in [0.25, 0.3) is 38.4 Å². The number of nitrogens with zero attached hydrogens (tertiary/aromatic N) is 7. The summed E-state index contributed by atoms with van der Waals surface area (Å²) < 4.78 is 31.3. The first kappa shape index (κ1) is 23.5. The molecule has 39 heavy (non-hydrogen) atoms. The largest absolute Gasteiger partial charge is 0.369 e. The number of nitrogens with one attached hydrogen (secondary N) is 1. The van der Waals surface area contributed by atoms with Crippen LogP contribution in [0.3, 0.4) is 0 Å². The molecule has 0 bridgehead atoms. The topological polar surface area (TPSA) is 103 Å². The van der Waals surface area contributed by atoms with Crippen molar-refractivity contribution >= 4 is 33.8 Å². The van der Waals surface area contributed by atoms with Gasteiger partial charge in [-0.3, -0.25) is 9.20 Å². The molecule has 0 saturated carbocycles. The Morgan fingerprint density at radius 1 is 1.10 bits per heavy atom. The van der Waals surface area contributed by atoms with Gasteiger partial charge < -0.3 is 5.32 Å². The summed E-state index contributed by atoms with van der Waals surface area (Å²) in [5.74, 6) is -0.424. The fraction of sp³-hybridized carbons (Fsp3) is 0.185. The number of benzene rings is 1. The van der Waals surface area contributed by atoms with Crippen LogP contribution in [0, 0.1) is 18.6 Å². The first-order chi connectivity index (χ1) is 18.9. The highest BCUT2D eigenvalue weighted by molar-refractivity contribution is 7.15. The van der Waals surface area contributed by atoms with Crippen molar-refractivity contribution in [3.8, 4) is 21.7 Å². The van der Waals surface area contributed by atoms with E-state index in [0.29, 0.717) is 35.0 Å². The van der Waals surface area contributed by atoms with Gasteiger partial charge in [0.2, 0.25) is 0 Å². The molecule has 194 valence electrons. The van der Waals surface area contributed by atoms with Gasteiger partial charge in [-0.1, -0.05) is 12.1 Å². The van der Waals surface area contributed by atoms with E-state index in [9.17, 15) is 13.6 Å². The van der Waals surface area contributed by atoms with Gasteiger partial charge in [0.1, 0.15) is 35.1 Å². The van der Waals surface area contributed by atoms with Gasteiger partial charge in [0.05, 0.1) is 38.3 Å². The third kappa shape index (κ3) is 3.70. The maximum absolute atomic E-state index is 14.3. The highest BCUT2D eigenvalue weighted by Gasteiger charge is 2.29. The molecule has 0 aliphatic carbocycles. The lowest BCUT2D eigenvalue weighted by molar-refractivity contribution is 0.566. The Hall–Kier alpha value is -4.58. The third-order valence-corrected chi connectivity index (χ3v) is 7.87. The first-order valence-corrected chi connectivity index (χ1v) is 13.1. The van der Waals surface area contributed by atoms with Crippen LogP contribution in [0.4, 0.5) is 14.6 Å². The summed E-state index contributed by atoms with van der Waals surface area (Å²) in [7, 11) is 0. The third-order valence-electron chi connectivity index (χ3n) is 6.85. The van der Waals surface area contributed by atoms with E-state index >= 15 is 0 Å². The lowest BCUT2D eigenvalue weighted by Crippen LogP contribution is -2.23. The number of fused-ring (bicyclic) bond motifs is 3. The molecule has 0 unspecified atom stereocenters. The molecule has 1 atom stereocenters. The van der Waals surface area contributed by atoms with E-state index in [1.54, 1.807) is 22.1 Å². The Morgan fingerprint density at radius 3 is 2.82 bits per heavy atom. The second-order valence-electron chi connectivity index (χ2n) is 9.34. The molecule has 7 rings (SSSR count). The molecule has 1 aromatic carbocycles. The van der Waals surface area contributed by atoms with Crippen molar-refractivity contribution in [2.45, 2.75) is 26.3 Å². The average Bonchev–Trinajstić information content (AvgIpc) is 3.48. The molecule has 6 aromatic rings. The van der Waals surface area contributed by atoms with Gasteiger partial charge in [-0.2, -0.15) is 5.10 Å². The highest BCUT2D eigenvalue weighted by Crippen LogP contribution is 2.40. The summed E-state index contributed by atoms with van der Waals surface area (Å²) in [5.41, 5.74) is 2.79. The second kappa shape index (κ2) is 8.73. The minimum atomic E-state index is -0.608. The van der Waals surface area contributed by atoms with Gasteiger partial charge >= 0.3 is 0 Å². The molecule has 9 nitrogen and oxygen atoms in total. The van der Waals surface area contributed by atoms with Crippen LogP contribution < -0.4 is 10.9 Å². The molecule has 0 spiro atoms. The molecule has 12 heteroatoms. The second-order valence-corrected chi connectivity index (χ2v) is 10.5. The van der Waals surface area contributed by atoms with E-state index < -0.39 is 23.2 Å². The van der Waals surface area contributed by atoms with Crippen LogP contribution in [0.15, 0.2) is 53.7 Å². The Bertz CT molecular complexity index is 2000. The van der Waals surface area contributed by atoms with Crippen LogP contribution in [0.2, 0.25) is 0 Å². The molecule has 0 saturated heterocycles. The fourth-order valence-corrected chi connectivity index (χ4v) is 6.08. The van der Waals surface area contributed by atoms with Gasteiger partial charge in [-0.25, -0.2) is 33.4 Å². The van der Waals surface area contributed by atoms with E-state index in [-0.39, 0.29) is 11.2 Å². The zero-order valence-corrected chi connectivity index (χ0v) is 21.6. The quantitative estimate of drug-likeness (QED) is 0.343. The minimum absolute atomic E-state index is 0.154. The monoisotopic (exact) mass is 542 g/mol. The minimum Gasteiger partial charge on any atom is -0.369 e.